The first kappa shape index (κ1) is 23.2. The van der Waals surface area contributed by atoms with E-state index in [4.69, 9.17) is 13.9 Å². The van der Waals surface area contributed by atoms with E-state index < -0.39 is 28.5 Å². The molecule has 0 unspecified atom stereocenters. The Morgan fingerprint density at radius 2 is 1.91 bits per heavy atom. The molecule has 1 amide bonds. The largest absolute Gasteiger partial charge is 0.455 e. The predicted molar refractivity (Wildman–Crippen MR) is 120 cm³/mol. The van der Waals surface area contributed by atoms with Gasteiger partial charge in [-0.25, -0.2) is 13.4 Å². The maximum absolute atomic E-state index is 12.8. The molecule has 0 bridgehead atoms. The molecule has 3 aromatic rings. The topological polar surface area (TPSA) is 128 Å². The van der Waals surface area contributed by atoms with Crippen LogP contribution in [0, 0.1) is 0 Å². The molecule has 2 heterocycles. The Kier molecular flexibility index (Phi) is 7.28. The summed E-state index contributed by atoms with van der Waals surface area (Å²) in [5, 5.41) is 2.87. The fourth-order valence-corrected chi connectivity index (χ4v) is 5.18. The molecule has 4 rings (SSSR count). The zero-order valence-electron chi connectivity index (χ0n) is 17.4. The number of thioether (sulfide) groups is 1. The molecule has 2 aromatic carbocycles. The van der Waals surface area contributed by atoms with Gasteiger partial charge in [0.1, 0.15) is 11.3 Å². The smallest absolute Gasteiger partial charge is 0.316 e. The molecular weight excluding hydrogens is 470 g/mol. The van der Waals surface area contributed by atoms with E-state index in [0.29, 0.717) is 29.5 Å². The minimum atomic E-state index is -3.69. The Bertz CT molecular complexity index is 1220. The monoisotopic (exact) mass is 491 g/mol. The molecule has 174 valence electrons. The Hall–Kier alpha value is -2.93. The third-order valence-corrected chi connectivity index (χ3v) is 7.37. The number of para-hydroxylation sites is 2. The van der Waals surface area contributed by atoms with Crippen molar-refractivity contribution in [1.29, 1.82) is 0 Å². The van der Waals surface area contributed by atoms with Gasteiger partial charge in [0.05, 0.1) is 18.1 Å². The van der Waals surface area contributed by atoms with Gasteiger partial charge in [-0.3, -0.25) is 9.59 Å². The standard InChI is InChI=1S/C21H21N3O7S2/c25-19(13-30-20(26)14-32-21-23-17-6-1-2-7-18(17)31-21)22-15-4-3-5-16(12-15)33(27,28)24-8-10-29-11-9-24/h1-7,12H,8-11,13-14H2,(H,22,25). The number of nitrogens with zero attached hydrogens (tertiary/aromatic N) is 2. The molecule has 0 spiro atoms. The number of aromatic nitrogens is 1. The maximum Gasteiger partial charge on any atom is 0.316 e. The van der Waals surface area contributed by atoms with Crippen LogP contribution in [0.15, 0.2) is 63.1 Å². The molecule has 1 aliphatic rings. The highest BCUT2D eigenvalue weighted by Crippen LogP contribution is 2.23. The third-order valence-electron chi connectivity index (χ3n) is 4.68. The summed E-state index contributed by atoms with van der Waals surface area (Å²) in [7, 11) is -3.69. The highest BCUT2D eigenvalue weighted by Gasteiger charge is 2.26. The van der Waals surface area contributed by atoms with Gasteiger partial charge in [-0.1, -0.05) is 30.0 Å². The molecule has 10 nitrogen and oxygen atoms in total. The molecule has 1 N–H and O–H groups in total. The first-order valence-corrected chi connectivity index (χ1v) is 12.5. The van der Waals surface area contributed by atoms with Crippen molar-refractivity contribution in [2.75, 3.05) is 44.0 Å². The lowest BCUT2D eigenvalue weighted by Crippen LogP contribution is -2.40. The molecule has 0 atom stereocenters. The van der Waals surface area contributed by atoms with Crippen molar-refractivity contribution in [1.82, 2.24) is 9.29 Å². The van der Waals surface area contributed by atoms with Crippen LogP contribution >= 0.6 is 11.8 Å². The summed E-state index contributed by atoms with van der Waals surface area (Å²) in [6.45, 7) is 0.720. The van der Waals surface area contributed by atoms with E-state index in [9.17, 15) is 18.0 Å². The highest BCUT2D eigenvalue weighted by molar-refractivity contribution is 7.99. The number of benzene rings is 2. The quantitative estimate of drug-likeness (QED) is 0.372. The lowest BCUT2D eigenvalue weighted by Gasteiger charge is -2.26. The van der Waals surface area contributed by atoms with Gasteiger partial charge in [0.2, 0.25) is 10.0 Å². The van der Waals surface area contributed by atoms with Gasteiger partial charge in [0.15, 0.2) is 12.2 Å². The zero-order valence-corrected chi connectivity index (χ0v) is 19.1. The second-order valence-electron chi connectivity index (χ2n) is 6.99. The van der Waals surface area contributed by atoms with Gasteiger partial charge in [0.25, 0.3) is 11.1 Å². The molecule has 1 fully saturated rings. The molecule has 0 aliphatic carbocycles. The number of carbonyl (C=O) groups excluding carboxylic acids is 2. The normalized spacial score (nSPS) is 14.8. The van der Waals surface area contributed by atoms with Crippen LogP contribution in [0.1, 0.15) is 0 Å². The Morgan fingerprint density at radius 3 is 2.70 bits per heavy atom. The first-order valence-electron chi connectivity index (χ1n) is 10.0. The van der Waals surface area contributed by atoms with E-state index in [1.54, 1.807) is 18.2 Å². The molecule has 0 saturated carbocycles. The van der Waals surface area contributed by atoms with Gasteiger partial charge in [-0.2, -0.15) is 4.31 Å². The average Bonchev–Trinajstić information content (AvgIpc) is 3.25. The summed E-state index contributed by atoms with van der Waals surface area (Å²) in [5.74, 6) is -1.27. The van der Waals surface area contributed by atoms with Crippen molar-refractivity contribution in [2.45, 2.75) is 10.1 Å². The van der Waals surface area contributed by atoms with Crippen molar-refractivity contribution in [3.05, 3.63) is 48.5 Å². The minimum Gasteiger partial charge on any atom is -0.455 e. The van der Waals surface area contributed by atoms with Crippen molar-refractivity contribution in [3.63, 3.8) is 0 Å². The van der Waals surface area contributed by atoms with Crippen molar-refractivity contribution < 1.29 is 31.9 Å². The lowest BCUT2D eigenvalue weighted by molar-refractivity contribution is -0.144. The predicted octanol–water partition coefficient (Wildman–Crippen LogP) is 2.12. The second-order valence-corrected chi connectivity index (χ2v) is 9.85. The van der Waals surface area contributed by atoms with Gasteiger partial charge in [-0.15, -0.1) is 0 Å². The van der Waals surface area contributed by atoms with E-state index in [-0.39, 0.29) is 29.4 Å². The van der Waals surface area contributed by atoms with Gasteiger partial charge in [0, 0.05) is 18.8 Å². The Morgan fingerprint density at radius 1 is 1.12 bits per heavy atom. The van der Waals surface area contributed by atoms with E-state index in [1.165, 1.54) is 22.5 Å². The third kappa shape index (κ3) is 5.90. The van der Waals surface area contributed by atoms with Crippen LogP contribution in [-0.2, 0) is 29.1 Å². The molecule has 1 aromatic heterocycles. The molecule has 12 heteroatoms. The lowest BCUT2D eigenvalue weighted by atomic mass is 10.3. The number of oxazole rings is 1. The maximum atomic E-state index is 12.8. The summed E-state index contributed by atoms with van der Waals surface area (Å²) in [4.78, 5) is 28.4. The molecule has 1 aliphatic heterocycles. The number of fused-ring (bicyclic) bond motifs is 1. The molecule has 1 saturated heterocycles. The van der Waals surface area contributed by atoms with Crippen molar-refractivity contribution in [3.8, 4) is 0 Å². The number of hydrogen-bond donors (Lipinski definition) is 1. The van der Waals surface area contributed by atoms with E-state index in [0.717, 1.165) is 11.8 Å². The van der Waals surface area contributed by atoms with E-state index in [1.807, 2.05) is 12.1 Å². The van der Waals surface area contributed by atoms with E-state index >= 15 is 0 Å². The molecule has 0 radical (unpaired) electrons. The number of rotatable bonds is 8. The number of nitrogens with one attached hydrogen (secondary N) is 1. The van der Waals surface area contributed by atoms with E-state index in [2.05, 4.69) is 10.3 Å². The van der Waals surface area contributed by atoms with Gasteiger partial charge < -0.3 is 19.2 Å². The number of ether oxygens (including phenoxy) is 2. The van der Waals surface area contributed by atoms with Crippen LogP contribution in [0.2, 0.25) is 0 Å². The summed E-state index contributed by atoms with van der Waals surface area (Å²) >= 11 is 1.06. The van der Waals surface area contributed by atoms with Gasteiger partial charge >= 0.3 is 5.97 Å². The molecular formula is C21H21N3O7S2. The number of anilines is 1. The second kappa shape index (κ2) is 10.3. The number of hydrogen-bond acceptors (Lipinski definition) is 9. The van der Waals surface area contributed by atoms with Crippen molar-refractivity contribution in [2.24, 2.45) is 0 Å². The summed E-state index contributed by atoms with van der Waals surface area (Å²) in [6.07, 6.45) is 0. The van der Waals surface area contributed by atoms with Gasteiger partial charge in [-0.05, 0) is 30.3 Å². The fraction of sp³-hybridized carbons (Fsp3) is 0.286. The number of amides is 1. The number of esters is 1. The minimum absolute atomic E-state index is 0.0638. The van der Waals surface area contributed by atoms with Crippen LogP contribution in [-0.4, -0.2) is 68.2 Å². The number of morpholine rings is 1. The first-order chi connectivity index (χ1) is 15.9. The highest BCUT2D eigenvalue weighted by atomic mass is 32.2. The Balaban J connectivity index is 1.27. The van der Waals surface area contributed by atoms with Crippen LogP contribution < -0.4 is 5.32 Å². The van der Waals surface area contributed by atoms with Crippen molar-refractivity contribution >= 4 is 50.4 Å². The Labute approximate surface area is 194 Å². The average molecular weight is 492 g/mol. The van der Waals surface area contributed by atoms with Crippen LogP contribution in [0.5, 0.6) is 0 Å². The van der Waals surface area contributed by atoms with Crippen LogP contribution in [0.25, 0.3) is 11.1 Å². The SMILES string of the molecule is O=C(COC(=O)CSc1nc2ccccc2o1)Nc1cccc(S(=O)(=O)N2CCOCC2)c1. The summed E-state index contributed by atoms with van der Waals surface area (Å²) in [6, 6.07) is 13.1. The number of carbonyl (C=O) groups is 2. The van der Waals surface area contributed by atoms with Crippen LogP contribution in [0.4, 0.5) is 5.69 Å². The molecule has 33 heavy (non-hydrogen) atoms. The van der Waals surface area contributed by atoms with Crippen LogP contribution in [0.3, 0.4) is 0 Å². The summed E-state index contributed by atoms with van der Waals surface area (Å²) < 4.78 is 42.5. The fourth-order valence-electron chi connectivity index (χ4n) is 3.09. The zero-order chi connectivity index (χ0) is 23.3. The summed E-state index contributed by atoms with van der Waals surface area (Å²) in [5.41, 5.74) is 1.59. The number of sulfonamides is 1.